The zero-order valence-electron chi connectivity index (χ0n) is 11.1. The molecule has 1 aliphatic carbocycles. The van der Waals surface area contributed by atoms with E-state index in [0.29, 0.717) is 5.92 Å². The van der Waals surface area contributed by atoms with Crippen molar-refractivity contribution in [2.75, 3.05) is 0 Å². The summed E-state index contributed by atoms with van der Waals surface area (Å²) in [4.78, 5) is 10.7. The lowest BCUT2D eigenvalue weighted by atomic mass is 10.0. The predicted molar refractivity (Wildman–Crippen MR) is 74.7 cm³/mol. The minimum Gasteiger partial charge on any atom is -0.481 e. The van der Waals surface area contributed by atoms with Crippen LogP contribution in [0.5, 0.6) is 0 Å². The van der Waals surface area contributed by atoms with Crippen LogP contribution in [0.1, 0.15) is 42.5 Å². The van der Waals surface area contributed by atoms with E-state index >= 15 is 0 Å². The Bertz CT molecular complexity index is 614. The molecule has 0 saturated heterocycles. The molecule has 0 radical (unpaired) electrons. The van der Waals surface area contributed by atoms with Gasteiger partial charge >= 0.3 is 5.97 Å². The zero-order chi connectivity index (χ0) is 14.1. The number of aliphatic carboxylic acids is 1. The molecule has 3 rings (SSSR count). The SMILES string of the molecule is NC(CC(=O)O)c1ccc(-n2nccc2C2CC2)cc1. The van der Waals surface area contributed by atoms with Crippen LogP contribution in [-0.4, -0.2) is 20.9 Å². The molecule has 1 atom stereocenters. The summed E-state index contributed by atoms with van der Waals surface area (Å²) in [6.45, 7) is 0. The molecule has 1 saturated carbocycles. The van der Waals surface area contributed by atoms with Gasteiger partial charge in [-0.05, 0) is 36.6 Å². The molecular formula is C15H17N3O2. The molecule has 104 valence electrons. The van der Waals surface area contributed by atoms with Gasteiger partial charge in [-0.1, -0.05) is 12.1 Å². The highest BCUT2D eigenvalue weighted by atomic mass is 16.4. The third kappa shape index (κ3) is 2.58. The topological polar surface area (TPSA) is 81.1 Å². The van der Waals surface area contributed by atoms with Gasteiger partial charge in [-0.2, -0.15) is 5.10 Å². The van der Waals surface area contributed by atoms with Gasteiger partial charge in [0.25, 0.3) is 0 Å². The number of hydrogen-bond donors (Lipinski definition) is 2. The van der Waals surface area contributed by atoms with E-state index in [2.05, 4.69) is 11.2 Å². The summed E-state index contributed by atoms with van der Waals surface area (Å²) >= 11 is 0. The molecule has 0 aliphatic heterocycles. The Labute approximate surface area is 117 Å². The maximum atomic E-state index is 10.7. The van der Waals surface area contributed by atoms with E-state index in [1.165, 1.54) is 18.5 Å². The van der Waals surface area contributed by atoms with Gasteiger partial charge in [0.1, 0.15) is 0 Å². The van der Waals surface area contributed by atoms with Crippen molar-refractivity contribution in [1.82, 2.24) is 9.78 Å². The smallest absolute Gasteiger partial charge is 0.305 e. The van der Waals surface area contributed by atoms with Gasteiger partial charge in [-0.25, -0.2) is 4.68 Å². The van der Waals surface area contributed by atoms with E-state index in [1.807, 2.05) is 35.1 Å². The molecule has 3 N–H and O–H groups in total. The number of carboxylic acid groups (broad SMARTS) is 1. The molecule has 5 heteroatoms. The maximum Gasteiger partial charge on any atom is 0.305 e. The highest BCUT2D eigenvalue weighted by Gasteiger charge is 2.27. The Morgan fingerprint density at radius 2 is 2.05 bits per heavy atom. The van der Waals surface area contributed by atoms with Crippen LogP contribution in [-0.2, 0) is 4.79 Å². The van der Waals surface area contributed by atoms with Crippen molar-refractivity contribution in [2.24, 2.45) is 5.73 Å². The Morgan fingerprint density at radius 1 is 1.35 bits per heavy atom. The Hall–Kier alpha value is -2.14. The Kier molecular flexibility index (Phi) is 3.28. The average Bonchev–Trinajstić information content (AvgIpc) is 3.16. The first-order valence-corrected chi connectivity index (χ1v) is 6.77. The molecule has 0 amide bonds. The van der Waals surface area contributed by atoms with Gasteiger partial charge in [0.05, 0.1) is 12.1 Å². The molecule has 1 aromatic carbocycles. The average molecular weight is 271 g/mol. The molecule has 1 aliphatic rings. The molecule has 5 nitrogen and oxygen atoms in total. The van der Waals surface area contributed by atoms with Gasteiger partial charge in [-0.3, -0.25) is 4.79 Å². The highest BCUT2D eigenvalue weighted by Crippen LogP contribution is 2.40. The molecule has 1 aromatic heterocycles. The number of carbonyl (C=O) groups is 1. The number of carboxylic acids is 1. The summed E-state index contributed by atoms with van der Waals surface area (Å²) in [5.74, 6) is -0.254. The number of rotatable bonds is 5. The first kappa shape index (κ1) is 12.9. The molecule has 0 bridgehead atoms. The van der Waals surface area contributed by atoms with E-state index in [9.17, 15) is 4.79 Å². The van der Waals surface area contributed by atoms with Crippen LogP contribution in [0.15, 0.2) is 36.5 Å². The summed E-state index contributed by atoms with van der Waals surface area (Å²) in [5.41, 5.74) is 8.91. The maximum absolute atomic E-state index is 10.7. The quantitative estimate of drug-likeness (QED) is 0.873. The third-order valence-corrected chi connectivity index (χ3v) is 3.63. The van der Waals surface area contributed by atoms with E-state index in [0.717, 1.165) is 11.3 Å². The fourth-order valence-electron chi connectivity index (χ4n) is 2.39. The second kappa shape index (κ2) is 5.09. The molecule has 2 aromatic rings. The minimum absolute atomic E-state index is 0.0611. The van der Waals surface area contributed by atoms with Crippen molar-refractivity contribution in [3.8, 4) is 5.69 Å². The number of benzene rings is 1. The fraction of sp³-hybridized carbons (Fsp3) is 0.333. The summed E-state index contributed by atoms with van der Waals surface area (Å²) in [7, 11) is 0. The summed E-state index contributed by atoms with van der Waals surface area (Å²) in [6, 6.07) is 9.22. The molecular weight excluding hydrogens is 254 g/mol. The lowest BCUT2D eigenvalue weighted by molar-refractivity contribution is -0.137. The standard InChI is InChI=1S/C15H17N3O2/c16-13(9-15(19)20)10-3-5-12(6-4-10)18-14(7-8-17-18)11-1-2-11/h3-8,11,13H,1-2,9,16H2,(H,19,20). The third-order valence-electron chi connectivity index (χ3n) is 3.63. The van der Waals surface area contributed by atoms with Crippen molar-refractivity contribution in [2.45, 2.75) is 31.2 Å². The Morgan fingerprint density at radius 3 is 2.65 bits per heavy atom. The van der Waals surface area contributed by atoms with Crippen LogP contribution in [0.4, 0.5) is 0 Å². The van der Waals surface area contributed by atoms with Gasteiger partial charge in [0.2, 0.25) is 0 Å². The van der Waals surface area contributed by atoms with Crippen molar-refractivity contribution in [1.29, 1.82) is 0 Å². The first-order valence-electron chi connectivity index (χ1n) is 6.77. The second-order valence-electron chi connectivity index (χ2n) is 5.24. The summed E-state index contributed by atoms with van der Waals surface area (Å²) in [6.07, 6.45) is 4.21. The molecule has 1 fully saturated rings. The monoisotopic (exact) mass is 271 g/mol. The molecule has 1 unspecified atom stereocenters. The van der Waals surface area contributed by atoms with Gasteiger partial charge in [0.15, 0.2) is 0 Å². The van der Waals surface area contributed by atoms with Crippen LogP contribution in [0.25, 0.3) is 5.69 Å². The predicted octanol–water partition coefficient (Wildman–Crippen LogP) is 2.22. The summed E-state index contributed by atoms with van der Waals surface area (Å²) in [5, 5.41) is 13.1. The Balaban J connectivity index is 1.82. The second-order valence-corrected chi connectivity index (χ2v) is 5.24. The van der Waals surface area contributed by atoms with Crippen LogP contribution in [0.2, 0.25) is 0 Å². The molecule has 20 heavy (non-hydrogen) atoms. The summed E-state index contributed by atoms with van der Waals surface area (Å²) < 4.78 is 1.95. The van der Waals surface area contributed by atoms with E-state index < -0.39 is 12.0 Å². The zero-order valence-corrected chi connectivity index (χ0v) is 11.1. The van der Waals surface area contributed by atoms with Crippen molar-refractivity contribution < 1.29 is 9.90 Å². The number of hydrogen-bond acceptors (Lipinski definition) is 3. The lowest BCUT2D eigenvalue weighted by Gasteiger charge is -2.11. The first-order chi connectivity index (χ1) is 9.65. The van der Waals surface area contributed by atoms with Gasteiger partial charge in [-0.15, -0.1) is 0 Å². The fourth-order valence-corrected chi connectivity index (χ4v) is 2.39. The van der Waals surface area contributed by atoms with Crippen molar-refractivity contribution >= 4 is 5.97 Å². The van der Waals surface area contributed by atoms with Crippen LogP contribution >= 0.6 is 0 Å². The van der Waals surface area contributed by atoms with Crippen LogP contribution in [0.3, 0.4) is 0 Å². The molecule has 0 spiro atoms. The number of nitrogens with two attached hydrogens (primary N) is 1. The molecule has 1 heterocycles. The van der Waals surface area contributed by atoms with E-state index in [-0.39, 0.29) is 6.42 Å². The normalized spacial score (nSPS) is 16.1. The lowest BCUT2D eigenvalue weighted by Crippen LogP contribution is -2.15. The number of nitrogens with zero attached hydrogens (tertiary/aromatic N) is 2. The largest absolute Gasteiger partial charge is 0.481 e. The van der Waals surface area contributed by atoms with Gasteiger partial charge < -0.3 is 10.8 Å². The minimum atomic E-state index is -0.885. The van der Waals surface area contributed by atoms with Crippen LogP contribution < -0.4 is 5.73 Å². The van der Waals surface area contributed by atoms with Gasteiger partial charge in [0, 0.05) is 23.9 Å². The highest BCUT2D eigenvalue weighted by molar-refractivity contribution is 5.67. The van der Waals surface area contributed by atoms with E-state index in [1.54, 1.807) is 0 Å². The van der Waals surface area contributed by atoms with E-state index in [4.69, 9.17) is 10.8 Å². The van der Waals surface area contributed by atoms with Crippen LogP contribution in [0, 0.1) is 0 Å². The van der Waals surface area contributed by atoms with Crippen molar-refractivity contribution in [3.05, 3.63) is 47.8 Å². The number of aromatic nitrogens is 2. The van der Waals surface area contributed by atoms with Crippen molar-refractivity contribution in [3.63, 3.8) is 0 Å².